The van der Waals surface area contributed by atoms with Gasteiger partial charge in [-0.05, 0) is 55.3 Å². The van der Waals surface area contributed by atoms with Gasteiger partial charge in [-0.25, -0.2) is 8.42 Å². The van der Waals surface area contributed by atoms with Gasteiger partial charge in [0.25, 0.3) is 0 Å². The van der Waals surface area contributed by atoms with Crippen LogP contribution in [0.5, 0.6) is 0 Å². The second kappa shape index (κ2) is 6.78. The van der Waals surface area contributed by atoms with Crippen LogP contribution in [0.2, 0.25) is 0 Å². The molecule has 3 nitrogen and oxygen atoms in total. The van der Waals surface area contributed by atoms with Gasteiger partial charge in [0.15, 0.2) is 0 Å². The topological polar surface area (TPSA) is 54.4 Å². The van der Waals surface area contributed by atoms with Crippen molar-refractivity contribution in [2.24, 2.45) is 16.7 Å². The molecule has 1 aliphatic carbocycles. The van der Waals surface area contributed by atoms with Gasteiger partial charge in [-0.2, -0.15) is 0 Å². The molecule has 0 unspecified atom stereocenters. The van der Waals surface area contributed by atoms with Crippen LogP contribution in [0.15, 0.2) is 0 Å². The molecule has 120 valence electrons. The van der Waals surface area contributed by atoms with Crippen molar-refractivity contribution >= 4 is 9.84 Å². The minimum absolute atomic E-state index is 0.130. The predicted molar refractivity (Wildman–Crippen MR) is 84.5 cm³/mol. The zero-order chi connectivity index (χ0) is 15.4. The molecule has 0 saturated heterocycles. The fourth-order valence-electron chi connectivity index (χ4n) is 3.37. The summed E-state index contributed by atoms with van der Waals surface area (Å²) in [4.78, 5) is 0. The number of hydrogen-bond acceptors (Lipinski definition) is 3. The van der Waals surface area contributed by atoms with E-state index in [-0.39, 0.29) is 23.5 Å². The zero-order valence-electron chi connectivity index (χ0n) is 13.6. The van der Waals surface area contributed by atoms with Gasteiger partial charge < -0.3 is 5.11 Å². The molecule has 1 rings (SSSR count). The molecular weight excluding hydrogens is 272 g/mol. The van der Waals surface area contributed by atoms with Gasteiger partial charge in [0.2, 0.25) is 0 Å². The van der Waals surface area contributed by atoms with Crippen molar-refractivity contribution in [1.29, 1.82) is 0 Å². The SMILES string of the molecule is CCCS(=O)(=O)CCC1(CO)CCC(C(C)(C)C)CC1. The summed E-state index contributed by atoms with van der Waals surface area (Å²) in [5.41, 5.74) is 0.165. The van der Waals surface area contributed by atoms with Crippen LogP contribution < -0.4 is 0 Å². The quantitative estimate of drug-likeness (QED) is 0.818. The van der Waals surface area contributed by atoms with Crippen molar-refractivity contribution in [2.45, 2.75) is 66.2 Å². The Balaban J connectivity index is 2.59. The molecule has 0 atom stereocenters. The first kappa shape index (κ1) is 18.0. The molecule has 0 heterocycles. The summed E-state index contributed by atoms with van der Waals surface area (Å²) in [5.74, 6) is 1.20. The zero-order valence-corrected chi connectivity index (χ0v) is 14.4. The minimum atomic E-state index is -2.93. The molecule has 1 fully saturated rings. The van der Waals surface area contributed by atoms with Gasteiger partial charge in [0.05, 0.1) is 5.75 Å². The third-order valence-electron chi connectivity index (χ3n) is 5.06. The minimum Gasteiger partial charge on any atom is -0.396 e. The highest BCUT2D eigenvalue weighted by Gasteiger charge is 2.38. The van der Waals surface area contributed by atoms with E-state index in [1.807, 2.05) is 6.92 Å². The van der Waals surface area contributed by atoms with Crippen molar-refractivity contribution in [3.63, 3.8) is 0 Å². The summed E-state index contributed by atoms with van der Waals surface area (Å²) >= 11 is 0. The summed E-state index contributed by atoms with van der Waals surface area (Å²) in [6.45, 7) is 8.85. The first-order chi connectivity index (χ1) is 9.14. The van der Waals surface area contributed by atoms with Crippen LogP contribution >= 0.6 is 0 Å². The molecule has 0 radical (unpaired) electrons. The van der Waals surface area contributed by atoms with Gasteiger partial charge in [-0.3, -0.25) is 0 Å². The third-order valence-corrected chi connectivity index (χ3v) is 6.92. The molecule has 1 N–H and O–H groups in total. The Labute approximate surface area is 125 Å². The van der Waals surface area contributed by atoms with E-state index in [1.54, 1.807) is 0 Å². The van der Waals surface area contributed by atoms with Gasteiger partial charge >= 0.3 is 0 Å². The van der Waals surface area contributed by atoms with Crippen LogP contribution in [0.25, 0.3) is 0 Å². The van der Waals surface area contributed by atoms with Gasteiger partial charge in [0, 0.05) is 12.4 Å². The van der Waals surface area contributed by atoms with E-state index in [2.05, 4.69) is 20.8 Å². The van der Waals surface area contributed by atoms with Crippen molar-refractivity contribution in [3.8, 4) is 0 Å². The average Bonchev–Trinajstić information content (AvgIpc) is 2.36. The Morgan fingerprint density at radius 2 is 1.70 bits per heavy atom. The first-order valence-corrected chi connectivity index (χ1v) is 9.77. The van der Waals surface area contributed by atoms with Crippen molar-refractivity contribution in [1.82, 2.24) is 0 Å². The van der Waals surface area contributed by atoms with Crippen molar-refractivity contribution in [3.05, 3.63) is 0 Å². The van der Waals surface area contributed by atoms with Crippen LogP contribution in [0, 0.1) is 16.7 Å². The monoisotopic (exact) mass is 304 g/mol. The largest absolute Gasteiger partial charge is 0.396 e. The summed E-state index contributed by atoms with van der Waals surface area (Å²) in [5, 5.41) is 9.76. The Kier molecular flexibility index (Phi) is 6.09. The fraction of sp³-hybridized carbons (Fsp3) is 1.00. The molecule has 1 aliphatic rings. The molecule has 0 amide bonds. The Morgan fingerprint density at radius 1 is 1.15 bits per heavy atom. The van der Waals surface area contributed by atoms with E-state index < -0.39 is 9.84 Å². The van der Waals surface area contributed by atoms with Crippen LogP contribution in [0.4, 0.5) is 0 Å². The lowest BCUT2D eigenvalue weighted by molar-refractivity contribution is 0.0345. The number of aliphatic hydroxyl groups is 1. The number of rotatable bonds is 6. The Hall–Kier alpha value is -0.0900. The fourth-order valence-corrected chi connectivity index (χ4v) is 4.94. The third kappa shape index (κ3) is 5.03. The van der Waals surface area contributed by atoms with Crippen molar-refractivity contribution < 1.29 is 13.5 Å². The number of hydrogen-bond donors (Lipinski definition) is 1. The molecule has 20 heavy (non-hydrogen) atoms. The molecule has 0 aromatic carbocycles. The molecule has 1 saturated carbocycles. The Bertz CT molecular complexity index is 384. The number of sulfone groups is 1. The lowest BCUT2D eigenvalue weighted by Gasteiger charge is -2.43. The Morgan fingerprint density at radius 3 is 2.10 bits per heavy atom. The highest BCUT2D eigenvalue weighted by molar-refractivity contribution is 7.91. The van der Waals surface area contributed by atoms with E-state index >= 15 is 0 Å². The van der Waals surface area contributed by atoms with Crippen molar-refractivity contribution in [2.75, 3.05) is 18.1 Å². The van der Waals surface area contributed by atoms with E-state index in [0.29, 0.717) is 24.2 Å². The van der Waals surface area contributed by atoms with Gasteiger partial charge in [0.1, 0.15) is 9.84 Å². The summed E-state index contributed by atoms with van der Waals surface area (Å²) in [6.07, 6.45) is 5.46. The highest BCUT2D eigenvalue weighted by Crippen LogP contribution is 2.46. The van der Waals surface area contributed by atoms with Crippen LogP contribution in [0.1, 0.15) is 66.2 Å². The average molecular weight is 304 g/mol. The second-order valence-corrected chi connectivity index (χ2v) is 10.0. The first-order valence-electron chi connectivity index (χ1n) is 7.95. The van der Waals surface area contributed by atoms with E-state index in [1.165, 1.54) is 0 Å². The second-order valence-electron chi connectivity index (χ2n) is 7.70. The maximum atomic E-state index is 11.9. The highest BCUT2D eigenvalue weighted by atomic mass is 32.2. The normalized spacial score (nSPS) is 28.6. The maximum Gasteiger partial charge on any atom is 0.150 e. The molecule has 4 heteroatoms. The van der Waals surface area contributed by atoms with Crippen LogP contribution in [0.3, 0.4) is 0 Å². The summed E-state index contributed by atoms with van der Waals surface area (Å²) < 4.78 is 23.7. The predicted octanol–water partition coefficient (Wildman–Crippen LogP) is 3.42. The molecule has 0 aromatic heterocycles. The smallest absolute Gasteiger partial charge is 0.150 e. The number of aliphatic hydroxyl groups excluding tert-OH is 1. The maximum absolute atomic E-state index is 11.9. The lowest BCUT2D eigenvalue weighted by Crippen LogP contribution is -2.36. The van der Waals surface area contributed by atoms with E-state index in [4.69, 9.17) is 0 Å². The summed E-state index contributed by atoms with van der Waals surface area (Å²) in [6, 6.07) is 0. The standard InChI is InChI=1S/C16H32O3S/c1-5-11-20(18,19)12-10-16(13-17)8-6-14(7-9-16)15(2,3)4/h14,17H,5-13H2,1-4H3. The van der Waals surface area contributed by atoms with Crippen LogP contribution in [-0.4, -0.2) is 31.6 Å². The van der Waals surface area contributed by atoms with Gasteiger partial charge in [-0.1, -0.05) is 27.7 Å². The van der Waals surface area contributed by atoms with E-state index in [9.17, 15) is 13.5 Å². The summed E-state index contributed by atoms with van der Waals surface area (Å²) in [7, 11) is -2.93. The molecule has 0 spiro atoms. The molecule has 0 aliphatic heterocycles. The van der Waals surface area contributed by atoms with Crippen LogP contribution in [-0.2, 0) is 9.84 Å². The lowest BCUT2D eigenvalue weighted by atomic mass is 9.63. The van der Waals surface area contributed by atoms with E-state index in [0.717, 1.165) is 25.7 Å². The van der Waals surface area contributed by atoms with Gasteiger partial charge in [-0.15, -0.1) is 0 Å². The molecule has 0 bridgehead atoms. The molecule has 0 aromatic rings. The molecular formula is C16H32O3S.